The van der Waals surface area contributed by atoms with Gasteiger partial charge in [-0.2, -0.15) is 5.10 Å². The largest absolute Gasteiger partial charge is 0.334 e. The Balaban J connectivity index is 1.40. The number of aromatic nitrogens is 3. The van der Waals surface area contributed by atoms with Crippen LogP contribution in [-0.4, -0.2) is 50.6 Å². The van der Waals surface area contributed by atoms with E-state index in [0.717, 1.165) is 25.3 Å². The summed E-state index contributed by atoms with van der Waals surface area (Å²) >= 11 is 1.87. The van der Waals surface area contributed by atoms with Gasteiger partial charge < -0.3 is 10.2 Å². The fourth-order valence-corrected chi connectivity index (χ4v) is 3.89. The SMILES string of the molecule is C[C@H](Cn1cncn1)NC(=O)N1CC[C@@H](CSc2ccccc2)C1. The van der Waals surface area contributed by atoms with Gasteiger partial charge in [-0.25, -0.2) is 9.78 Å². The lowest BCUT2D eigenvalue weighted by atomic mass is 10.2. The molecule has 0 radical (unpaired) electrons. The van der Waals surface area contributed by atoms with Gasteiger partial charge in [0, 0.05) is 29.8 Å². The van der Waals surface area contributed by atoms with E-state index in [9.17, 15) is 4.79 Å². The molecule has 0 spiro atoms. The second-order valence-electron chi connectivity index (χ2n) is 6.19. The summed E-state index contributed by atoms with van der Waals surface area (Å²) < 4.78 is 1.73. The van der Waals surface area contributed by atoms with Gasteiger partial charge in [-0.3, -0.25) is 4.68 Å². The van der Waals surface area contributed by atoms with E-state index in [0.29, 0.717) is 12.5 Å². The molecule has 1 aromatic heterocycles. The molecular formula is C17H23N5OS. The zero-order valence-corrected chi connectivity index (χ0v) is 14.7. The van der Waals surface area contributed by atoms with Crippen LogP contribution in [0.4, 0.5) is 4.79 Å². The van der Waals surface area contributed by atoms with Crippen molar-refractivity contribution in [2.24, 2.45) is 5.92 Å². The Morgan fingerprint density at radius 1 is 1.42 bits per heavy atom. The summed E-state index contributed by atoms with van der Waals surface area (Å²) in [7, 11) is 0. The second-order valence-corrected chi connectivity index (χ2v) is 7.29. The van der Waals surface area contributed by atoms with E-state index < -0.39 is 0 Å². The maximum Gasteiger partial charge on any atom is 0.317 e. The molecule has 1 fully saturated rings. The number of urea groups is 1. The van der Waals surface area contributed by atoms with Gasteiger partial charge in [0.25, 0.3) is 0 Å². The van der Waals surface area contributed by atoms with Gasteiger partial charge in [0.05, 0.1) is 6.54 Å². The Labute approximate surface area is 146 Å². The summed E-state index contributed by atoms with van der Waals surface area (Å²) in [4.78, 5) is 19.5. The van der Waals surface area contributed by atoms with Crippen LogP contribution >= 0.6 is 11.8 Å². The Morgan fingerprint density at radius 2 is 2.25 bits per heavy atom. The molecule has 1 aliphatic rings. The van der Waals surface area contributed by atoms with Crippen LogP contribution in [0.15, 0.2) is 47.9 Å². The molecule has 128 valence electrons. The zero-order valence-electron chi connectivity index (χ0n) is 13.8. The van der Waals surface area contributed by atoms with Gasteiger partial charge >= 0.3 is 6.03 Å². The number of hydrogen-bond acceptors (Lipinski definition) is 4. The van der Waals surface area contributed by atoms with E-state index in [1.54, 1.807) is 11.0 Å². The molecule has 2 amide bonds. The van der Waals surface area contributed by atoms with Crippen LogP contribution in [0.2, 0.25) is 0 Å². The smallest absolute Gasteiger partial charge is 0.317 e. The van der Waals surface area contributed by atoms with Gasteiger partial charge in [-0.1, -0.05) is 18.2 Å². The third-order valence-corrected chi connectivity index (χ3v) is 5.34. The van der Waals surface area contributed by atoms with E-state index in [-0.39, 0.29) is 12.1 Å². The Morgan fingerprint density at radius 3 is 3.00 bits per heavy atom. The number of benzene rings is 1. The van der Waals surface area contributed by atoms with E-state index in [1.165, 1.54) is 11.2 Å². The number of carbonyl (C=O) groups excluding carboxylic acids is 1. The number of rotatable bonds is 6. The number of thioether (sulfide) groups is 1. The maximum atomic E-state index is 12.4. The number of hydrogen-bond donors (Lipinski definition) is 1. The summed E-state index contributed by atoms with van der Waals surface area (Å²) in [5, 5.41) is 7.11. The van der Waals surface area contributed by atoms with E-state index >= 15 is 0 Å². The second kappa shape index (κ2) is 8.19. The molecule has 1 saturated heterocycles. The van der Waals surface area contributed by atoms with Crippen LogP contribution in [0.25, 0.3) is 0 Å². The Kier molecular flexibility index (Phi) is 5.74. The normalized spacial score (nSPS) is 18.5. The lowest BCUT2D eigenvalue weighted by molar-refractivity contribution is 0.202. The number of nitrogens with one attached hydrogen (secondary N) is 1. The first-order chi connectivity index (χ1) is 11.7. The molecular weight excluding hydrogens is 322 g/mol. The van der Waals surface area contributed by atoms with Crippen LogP contribution < -0.4 is 5.32 Å². The van der Waals surface area contributed by atoms with Gasteiger partial charge in [0.2, 0.25) is 0 Å². The number of likely N-dealkylation sites (tertiary alicyclic amines) is 1. The molecule has 0 bridgehead atoms. The average Bonchev–Trinajstić information content (AvgIpc) is 3.25. The van der Waals surface area contributed by atoms with Crippen molar-refractivity contribution >= 4 is 17.8 Å². The van der Waals surface area contributed by atoms with E-state index in [4.69, 9.17) is 0 Å². The summed E-state index contributed by atoms with van der Waals surface area (Å²) in [6, 6.07) is 10.5. The lowest BCUT2D eigenvalue weighted by Crippen LogP contribution is -2.44. The molecule has 24 heavy (non-hydrogen) atoms. The first kappa shape index (κ1) is 16.8. The molecule has 0 saturated carbocycles. The summed E-state index contributed by atoms with van der Waals surface area (Å²) in [6.07, 6.45) is 4.24. The minimum atomic E-state index is 0.0230. The lowest BCUT2D eigenvalue weighted by Gasteiger charge is -2.21. The monoisotopic (exact) mass is 345 g/mol. The molecule has 3 rings (SSSR count). The predicted molar refractivity (Wildman–Crippen MR) is 94.9 cm³/mol. The van der Waals surface area contributed by atoms with Crippen molar-refractivity contribution in [2.45, 2.75) is 30.8 Å². The van der Waals surface area contributed by atoms with Crippen molar-refractivity contribution < 1.29 is 4.79 Å². The highest BCUT2D eigenvalue weighted by atomic mass is 32.2. The zero-order chi connectivity index (χ0) is 16.8. The van der Waals surface area contributed by atoms with E-state index in [1.807, 2.05) is 29.7 Å². The number of nitrogens with zero attached hydrogens (tertiary/aromatic N) is 4. The van der Waals surface area contributed by atoms with E-state index in [2.05, 4.69) is 39.7 Å². The minimum absolute atomic E-state index is 0.0230. The van der Waals surface area contributed by atoms with Gasteiger partial charge in [0.15, 0.2) is 0 Å². The standard InChI is InChI=1S/C17H23N5OS/c1-14(9-22-13-18-12-19-22)20-17(23)21-8-7-15(10-21)11-24-16-5-3-2-4-6-16/h2-6,12-15H,7-11H2,1H3,(H,20,23)/t14-,15-/m1/s1. The first-order valence-corrected chi connectivity index (χ1v) is 9.25. The fraction of sp³-hybridized carbons (Fsp3) is 0.471. The third-order valence-electron chi connectivity index (χ3n) is 4.10. The third kappa shape index (κ3) is 4.74. The molecule has 2 atom stereocenters. The van der Waals surface area contributed by atoms with Crippen molar-refractivity contribution in [1.29, 1.82) is 0 Å². The average molecular weight is 345 g/mol. The fourth-order valence-electron chi connectivity index (χ4n) is 2.84. The molecule has 2 aromatic rings. The summed E-state index contributed by atoms with van der Waals surface area (Å²) in [5.41, 5.74) is 0. The highest BCUT2D eigenvalue weighted by molar-refractivity contribution is 7.99. The van der Waals surface area contributed by atoms with Crippen molar-refractivity contribution in [1.82, 2.24) is 25.0 Å². The summed E-state index contributed by atoms with van der Waals surface area (Å²) in [5.74, 6) is 1.62. The molecule has 1 N–H and O–H groups in total. The van der Waals surface area contributed by atoms with Crippen LogP contribution in [0, 0.1) is 5.92 Å². The number of carbonyl (C=O) groups is 1. The minimum Gasteiger partial charge on any atom is -0.334 e. The Hall–Kier alpha value is -2.02. The highest BCUT2D eigenvalue weighted by Gasteiger charge is 2.26. The quantitative estimate of drug-likeness (QED) is 0.817. The van der Waals surface area contributed by atoms with Gasteiger partial charge in [-0.15, -0.1) is 11.8 Å². The Bertz CT molecular complexity index is 634. The topological polar surface area (TPSA) is 63.1 Å². The molecule has 0 unspecified atom stereocenters. The van der Waals surface area contributed by atoms with Crippen LogP contribution in [-0.2, 0) is 6.54 Å². The molecule has 1 aromatic carbocycles. The predicted octanol–water partition coefficient (Wildman–Crippen LogP) is 2.49. The van der Waals surface area contributed by atoms with Crippen molar-refractivity contribution in [3.8, 4) is 0 Å². The van der Waals surface area contributed by atoms with Crippen LogP contribution in [0.5, 0.6) is 0 Å². The first-order valence-electron chi connectivity index (χ1n) is 8.26. The maximum absolute atomic E-state index is 12.4. The van der Waals surface area contributed by atoms with Crippen molar-refractivity contribution in [3.63, 3.8) is 0 Å². The molecule has 2 heterocycles. The summed E-state index contributed by atoms with van der Waals surface area (Å²) in [6.45, 7) is 4.29. The molecule has 6 nitrogen and oxygen atoms in total. The van der Waals surface area contributed by atoms with Crippen LogP contribution in [0.1, 0.15) is 13.3 Å². The van der Waals surface area contributed by atoms with Gasteiger partial charge in [0.1, 0.15) is 12.7 Å². The van der Waals surface area contributed by atoms with Crippen molar-refractivity contribution in [2.75, 3.05) is 18.8 Å². The van der Waals surface area contributed by atoms with Gasteiger partial charge in [-0.05, 0) is 31.4 Å². The molecule has 7 heteroatoms. The number of amides is 2. The van der Waals surface area contributed by atoms with Crippen molar-refractivity contribution in [3.05, 3.63) is 43.0 Å². The molecule has 0 aliphatic carbocycles. The van der Waals surface area contributed by atoms with Crippen LogP contribution in [0.3, 0.4) is 0 Å². The highest BCUT2D eigenvalue weighted by Crippen LogP contribution is 2.25. The molecule has 1 aliphatic heterocycles.